The molecule has 0 heterocycles. The number of esters is 1. The summed E-state index contributed by atoms with van der Waals surface area (Å²) in [7, 11) is 0. The van der Waals surface area contributed by atoms with Gasteiger partial charge >= 0.3 is 12.1 Å². The fourth-order valence-electron chi connectivity index (χ4n) is 6.32. The minimum Gasteiger partial charge on any atom is -0.454 e. The van der Waals surface area contributed by atoms with Gasteiger partial charge < -0.3 is 20.1 Å². The molecule has 5 rings (SSSR count). The second-order valence-corrected chi connectivity index (χ2v) is 11.2. The van der Waals surface area contributed by atoms with Gasteiger partial charge in [-0.05, 0) is 82.6 Å². The molecule has 1 atom stereocenters. The third-order valence-electron chi connectivity index (χ3n) is 7.19. The number of carbonyl (C=O) groups excluding carboxylic acids is 3. The van der Waals surface area contributed by atoms with Gasteiger partial charge in [0.05, 0.1) is 6.54 Å². The summed E-state index contributed by atoms with van der Waals surface area (Å²) in [6.07, 6.45) is 5.49. The third kappa shape index (κ3) is 5.87. The monoisotopic (exact) mass is 456 g/mol. The van der Waals surface area contributed by atoms with Crippen molar-refractivity contribution in [3.05, 3.63) is 35.9 Å². The molecule has 0 saturated heterocycles. The molecule has 7 heteroatoms. The topological polar surface area (TPSA) is 93.7 Å². The number of ether oxygens (including phenoxy) is 2. The van der Waals surface area contributed by atoms with Gasteiger partial charge in [0.15, 0.2) is 0 Å². The number of alkyl carbamates (subject to hydrolysis) is 1. The molecule has 4 aliphatic rings. The number of hydrogen-bond donors (Lipinski definition) is 2. The van der Waals surface area contributed by atoms with Gasteiger partial charge in [-0.2, -0.15) is 0 Å². The zero-order valence-electron chi connectivity index (χ0n) is 19.9. The van der Waals surface area contributed by atoms with E-state index in [1.165, 1.54) is 19.3 Å². The van der Waals surface area contributed by atoms with Crippen molar-refractivity contribution in [3.63, 3.8) is 0 Å². The first kappa shape index (κ1) is 23.6. The van der Waals surface area contributed by atoms with Crippen LogP contribution < -0.4 is 10.6 Å². The van der Waals surface area contributed by atoms with Crippen LogP contribution in [0.25, 0.3) is 0 Å². The van der Waals surface area contributed by atoms with Crippen LogP contribution in [0.2, 0.25) is 0 Å². The summed E-state index contributed by atoms with van der Waals surface area (Å²) in [5, 5.41) is 5.54. The number of carbonyl (C=O) groups is 3. The molecule has 1 aromatic carbocycles. The highest BCUT2D eigenvalue weighted by molar-refractivity contribution is 5.83. The van der Waals surface area contributed by atoms with Crippen LogP contribution in [0.15, 0.2) is 30.3 Å². The van der Waals surface area contributed by atoms with Crippen molar-refractivity contribution in [1.82, 2.24) is 10.6 Å². The number of hydrogen-bond acceptors (Lipinski definition) is 5. The van der Waals surface area contributed by atoms with Crippen LogP contribution in [0.4, 0.5) is 4.79 Å². The summed E-state index contributed by atoms with van der Waals surface area (Å²) in [5.74, 6) is 1.57. The summed E-state index contributed by atoms with van der Waals surface area (Å²) in [5.41, 5.74) is -0.102. The lowest BCUT2D eigenvalue weighted by atomic mass is 9.49. The maximum Gasteiger partial charge on any atom is 0.408 e. The summed E-state index contributed by atoms with van der Waals surface area (Å²) in [4.78, 5) is 37.6. The van der Waals surface area contributed by atoms with Crippen LogP contribution in [0.3, 0.4) is 0 Å². The largest absolute Gasteiger partial charge is 0.454 e. The highest BCUT2D eigenvalue weighted by Crippen LogP contribution is 2.60. The maximum absolute atomic E-state index is 13.3. The van der Waals surface area contributed by atoms with Crippen LogP contribution in [-0.2, 0) is 19.1 Å². The Morgan fingerprint density at radius 1 is 0.970 bits per heavy atom. The Labute approximate surface area is 196 Å². The van der Waals surface area contributed by atoms with Gasteiger partial charge in [0.1, 0.15) is 18.2 Å². The predicted octanol–water partition coefficient (Wildman–Crippen LogP) is 4.13. The van der Waals surface area contributed by atoms with Crippen molar-refractivity contribution in [2.24, 2.45) is 23.2 Å². The van der Waals surface area contributed by atoms with E-state index >= 15 is 0 Å². The number of benzene rings is 1. The molecule has 2 N–H and O–H groups in total. The molecular weight excluding hydrogens is 420 g/mol. The fourth-order valence-corrected chi connectivity index (χ4v) is 6.32. The Morgan fingerprint density at radius 3 is 2.09 bits per heavy atom. The Balaban J connectivity index is 1.35. The van der Waals surface area contributed by atoms with E-state index in [1.807, 2.05) is 30.3 Å². The molecule has 7 nitrogen and oxygen atoms in total. The SMILES string of the molecule is CC(C)(C)OC(=O)NCC(=O)O[C@H](CNC(=O)C12CC3CC(CC(C3)C1)C2)c1ccccc1. The molecule has 4 saturated carbocycles. The molecule has 0 aliphatic heterocycles. The molecule has 4 fully saturated rings. The van der Waals surface area contributed by atoms with Crippen LogP contribution in [0.1, 0.15) is 71.0 Å². The standard InChI is InChI=1S/C26H36N2O5/c1-25(2,3)33-24(31)28-16-22(29)32-21(20-7-5-4-6-8-20)15-27-23(30)26-12-17-9-18(13-26)11-19(10-17)14-26/h4-8,17-19,21H,9-16H2,1-3H3,(H,27,30)(H,28,31)/t17?,18?,19?,21-,26?/m1/s1. The lowest BCUT2D eigenvalue weighted by Crippen LogP contribution is -2.54. The van der Waals surface area contributed by atoms with Gasteiger partial charge in [0.25, 0.3) is 0 Å². The number of amides is 2. The van der Waals surface area contributed by atoms with Crippen LogP contribution in [-0.4, -0.2) is 36.7 Å². The molecule has 0 unspecified atom stereocenters. The van der Waals surface area contributed by atoms with E-state index < -0.39 is 23.8 Å². The average Bonchev–Trinajstić information content (AvgIpc) is 2.73. The van der Waals surface area contributed by atoms with Gasteiger partial charge in [-0.1, -0.05) is 30.3 Å². The van der Waals surface area contributed by atoms with Crippen LogP contribution in [0.5, 0.6) is 0 Å². The van der Waals surface area contributed by atoms with Crippen molar-refractivity contribution in [2.45, 2.75) is 71.0 Å². The lowest BCUT2D eigenvalue weighted by Gasteiger charge is -2.55. The molecule has 0 spiro atoms. The van der Waals surface area contributed by atoms with E-state index in [4.69, 9.17) is 9.47 Å². The molecule has 0 aromatic heterocycles. The zero-order valence-corrected chi connectivity index (χ0v) is 19.9. The molecular formula is C26H36N2O5. The summed E-state index contributed by atoms with van der Waals surface area (Å²) >= 11 is 0. The number of rotatable bonds is 7. The Kier molecular flexibility index (Phi) is 6.68. The molecule has 0 radical (unpaired) electrons. The minimum absolute atomic E-state index is 0.102. The van der Waals surface area contributed by atoms with E-state index in [1.54, 1.807) is 20.8 Å². The normalized spacial score (nSPS) is 28.6. The quantitative estimate of drug-likeness (QED) is 0.602. The number of nitrogens with one attached hydrogen (secondary N) is 2. The molecule has 4 aliphatic carbocycles. The lowest BCUT2D eigenvalue weighted by molar-refractivity contribution is -0.152. The Morgan fingerprint density at radius 2 is 1.55 bits per heavy atom. The third-order valence-corrected chi connectivity index (χ3v) is 7.19. The fraction of sp³-hybridized carbons (Fsp3) is 0.654. The molecule has 180 valence electrons. The second-order valence-electron chi connectivity index (χ2n) is 11.2. The second kappa shape index (κ2) is 9.35. The van der Waals surface area contributed by atoms with Crippen molar-refractivity contribution in [1.29, 1.82) is 0 Å². The first-order chi connectivity index (χ1) is 15.6. The van der Waals surface area contributed by atoms with E-state index in [0.29, 0.717) is 17.8 Å². The first-order valence-corrected chi connectivity index (χ1v) is 12.1. The maximum atomic E-state index is 13.3. The Bertz CT molecular complexity index is 841. The predicted molar refractivity (Wildman–Crippen MR) is 123 cm³/mol. The van der Waals surface area contributed by atoms with Crippen molar-refractivity contribution < 1.29 is 23.9 Å². The Hall–Kier alpha value is -2.57. The van der Waals surface area contributed by atoms with E-state index in [0.717, 1.165) is 24.8 Å². The average molecular weight is 457 g/mol. The summed E-state index contributed by atoms with van der Waals surface area (Å²) < 4.78 is 10.8. The molecule has 2 amide bonds. The zero-order chi connectivity index (χ0) is 23.6. The van der Waals surface area contributed by atoms with Gasteiger partial charge in [-0.3, -0.25) is 9.59 Å². The van der Waals surface area contributed by atoms with Gasteiger partial charge in [-0.15, -0.1) is 0 Å². The van der Waals surface area contributed by atoms with Crippen molar-refractivity contribution in [3.8, 4) is 0 Å². The van der Waals surface area contributed by atoms with Crippen LogP contribution in [0, 0.1) is 23.2 Å². The molecule has 4 bridgehead atoms. The summed E-state index contributed by atoms with van der Waals surface area (Å²) in [6.45, 7) is 5.17. The van der Waals surface area contributed by atoms with Gasteiger partial charge in [-0.25, -0.2) is 4.79 Å². The van der Waals surface area contributed by atoms with Crippen molar-refractivity contribution >= 4 is 18.0 Å². The van der Waals surface area contributed by atoms with Crippen LogP contribution >= 0.6 is 0 Å². The summed E-state index contributed by atoms with van der Waals surface area (Å²) in [6, 6.07) is 9.37. The van der Waals surface area contributed by atoms with Gasteiger partial charge in [0.2, 0.25) is 5.91 Å². The smallest absolute Gasteiger partial charge is 0.408 e. The van der Waals surface area contributed by atoms with Crippen molar-refractivity contribution in [2.75, 3.05) is 13.1 Å². The first-order valence-electron chi connectivity index (χ1n) is 12.1. The van der Waals surface area contributed by atoms with E-state index in [9.17, 15) is 14.4 Å². The van der Waals surface area contributed by atoms with Gasteiger partial charge in [0, 0.05) is 5.41 Å². The molecule has 1 aromatic rings. The highest BCUT2D eigenvalue weighted by Gasteiger charge is 2.54. The highest BCUT2D eigenvalue weighted by atomic mass is 16.6. The van der Waals surface area contributed by atoms with E-state index in [-0.39, 0.29) is 24.4 Å². The minimum atomic E-state index is -0.675. The van der Waals surface area contributed by atoms with E-state index in [2.05, 4.69) is 10.6 Å². The molecule has 33 heavy (non-hydrogen) atoms.